The zero-order valence-electron chi connectivity index (χ0n) is 13.6. The molecule has 0 radical (unpaired) electrons. The third-order valence-electron chi connectivity index (χ3n) is 4.44. The lowest BCUT2D eigenvalue weighted by atomic mass is 9.94. The van der Waals surface area contributed by atoms with Crippen molar-refractivity contribution < 1.29 is 4.79 Å². The molecule has 1 aromatic carbocycles. The Morgan fingerprint density at radius 2 is 2.26 bits per heavy atom. The Hall–Kier alpha value is -2.37. The lowest BCUT2D eigenvalue weighted by molar-refractivity contribution is 0.139. The van der Waals surface area contributed by atoms with Crippen LogP contribution in [0.3, 0.4) is 0 Å². The van der Waals surface area contributed by atoms with Crippen molar-refractivity contribution in [1.82, 2.24) is 25.0 Å². The predicted molar refractivity (Wildman–Crippen MR) is 88.2 cm³/mol. The van der Waals surface area contributed by atoms with E-state index in [1.165, 1.54) is 6.33 Å². The fourth-order valence-corrected chi connectivity index (χ4v) is 3.14. The largest absolute Gasteiger partial charge is 0.334 e. The summed E-state index contributed by atoms with van der Waals surface area (Å²) in [6, 6.07) is 8.27. The van der Waals surface area contributed by atoms with Crippen LogP contribution in [-0.2, 0) is 6.54 Å². The topological polar surface area (TPSA) is 63.1 Å². The number of nitrogens with one attached hydrogen (secondary N) is 1. The van der Waals surface area contributed by atoms with E-state index in [1.807, 2.05) is 29.2 Å². The van der Waals surface area contributed by atoms with Crippen LogP contribution in [0.1, 0.15) is 32.3 Å². The maximum Gasteiger partial charge on any atom is 0.317 e. The number of piperidine rings is 1. The maximum atomic E-state index is 12.4. The third kappa shape index (κ3) is 3.70. The number of aromatic nitrogens is 3. The van der Waals surface area contributed by atoms with Gasteiger partial charge in [-0.05, 0) is 43.4 Å². The number of amides is 2. The quantitative estimate of drug-likeness (QED) is 0.947. The summed E-state index contributed by atoms with van der Waals surface area (Å²) in [7, 11) is 0. The first-order chi connectivity index (χ1) is 11.1. The molecule has 2 atom stereocenters. The molecule has 2 heterocycles. The van der Waals surface area contributed by atoms with Crippen LogP contribution in [0.25, 0.3) is 5.69 Å². The lowest BCUT2D eigenvalue weighted by Crippen LogP contribution is -2.48. The molecule has 2 aromatic rings. The van der Waals surface area contributed by atoms with Gasteiger partial charge < -0.3 is 10.2 Å². The molecular formula is C17H23N5O. The van der Waals surface area contributed by atoms with Crippen molar-refractivity contribution in [3.05, 3.63) is 42.5 Å². The Morgan fingerprint density at radius 3 is 3.00 bits per heavy atom. The number of nitrogens with zero attached hydrogens (tertiary/aromatic N) is 4. The van der Waals surface area contributed by atoms with E-state index in [-0.39, 0.29) is 6.03 Å². The van der Waals surface area contributed by atoms with Crippen LogP contribution >= 0.6 is 0 Å². The zero-order chi connectivity index (χ0) is 16.2. The summed E-state index contributed by atoms with van der Waals surface area (Å²) in [6.45, 7) is 5.73. The van der Waals surface area contributed by atoms with Crippen molar-refractivity contribution in [2.75, 3.05) is 6.54 Å². The van der Waals surface area contributed by atoms with Crippen LogP contribution in [0.2, 0.25) is 0 Å². The molecule has 1 aromatic heterocycles. The molecule has 0 spiro atoms. The second-order valence-electron chi connectivity index (χ2n) is 6.34. The minimum atomic E-state index is 0.0237. The van der Waals surface area contributed by atoms with Gasteiger partial charge in [-0.1, -0.05) is 19.1 Å². The highest BCUT2D eigenvalue weighted by Crippen LogP contribution is 2.22. The van der Waals surface area contributed by atoms with E-state index in [4.69, 9.17) is 0 Å². The van der Waals surface area contributed by atoms with Crippen molar-refractivity contribution in [1.29, 1.82) is 0 Å². The monoisotopic (exact) mass is 313 g/mol. The van der Waals surface area contributed by atoms with Crippen LogP contribution in [-0.4, -0.2) is 38.3 Å². The third-order valence-corrected chi connectivity index (χ3v) is 4.44. The van der Waals surface area contributed by atoms with Gasteiger partial charge in [-0.2, -0.15) is 5.10 Å². The van der Waals surface area contributed by atoms with Crippen molar-refractivity contribution in [2.45, 2.75) is 39.3 Å². The van der Waals surface area contributed by atoms with Crippen LogP contribution in [0.5, 0.6) is 0 Å². The highest BCUT2D eigenvalue weighted by molar-refractivity contribution is 5.74. The van der Waals surface area contributed by atoms with Gasteiger partial charge >= 0.3 is 6.03 Å². The summed E-state index contributed by atoms with van der Waals surface area (Å²) in [6.07, 6.45) is 5.33. The predicted octanol–water partition coefficient (Wildman–Crippen LogP) is 2.60. The summed E-state index contributed by atoms with van der Waals surface area (Å²) in [5, 5.41) is 7.15. The van der Waals surface area contributed by atoms with E-state index < -0.39 is 0 Å². The highest BCUT2D eigenvalue weighted by atomic mass is 16.2. The highest BCUT2D eigenvalue weighted by Gasteiger charge is 2.26. The summed E-state index contributed by atoms with van der Waals surface area (Å²) in [5.41, 5.74) is 1.98. The average Bonchev–Trinajstić information content (AvgIpc) is 3.07. The van der Waals surface area contributed by atoms with E-state index in [0.29, 0.717) is 18.5 Å². The minimum Gasteiger partial charge on any atom is -0.334 e. The molecule has 0 aliphatic carbocycles. The molecule has 6 heteroatoms. The second-order valence-corrected chi connectivity index (χ2v) is 6.34. The molecule has 1 aliphatic rings. The van der Waals surface area contributed by atoms with Crippen LogP contribution < -0.4 is 5.32 Å². The molecule has 0 unspecified atom stereocenters. The molecule has 0 saturated carbocycles. The number of likely N-dealkylation sites (tertiary alicyclic amines) is 1. The van der Waals surface area contributed by atoms with Gasteiger partial charge in [0.05, 0.1) is 5.69 Å². The molecule has 1 N–H and O–H groups in total. The first kappa shape index (κ1) is 15.5. The Kier molecular flexibility index (Phi) is 4.60. The standard InChI is InChI=1S/C17H23N5O/c1-13-6-7-21(14(2)8-13)17(23)19-10-15-4-3-5-16(9-15)22-12-18-11-20-22/h3-5,9,11-14H,6-8,10H2,1-2H3,(H,19,23)/t13-,14+/m1/s1. The Bertz CT molecular complexity index is 655. The smallest absolute Gasteiger partial charge is 0.317 e. The summed E-state index contributed by atoms with van der Waals surface area (Å²) in [5.74, 6) is 0.702. The van der Waals surface area contributed by atoms with E-state index in [0.717, 1.165) is 30.6 Å². The van der Waals surface area contributed by atoms with Crippen LogP contribution in [0, 0.1) is 5.92 Å². The summed E-state index contributed by atoms with van der Waals surface area (Å²) >= 11 is 0. The first-order valence-corrected chi connectivity index (χ1v) is 8.12. The number of rotatable bonds is 3. The van der Waals surface area contributed by atoms with Gasteiger partial charge in [-0.15, -0.1) is 0 Å². The van der Waals surface area contributed by atoms with Gasteiger partial charge in [0.25, 0.3) is 0 Å². The van der Waals surface area contributed by atoms with Crippen molar-refractivity contribution in [3.63, 3.8) is 0 Å². The molecule has 23 heavy (non-hydrogen) atoms. The Balaban J connectivity index is 1.60. The molecule has 0 bridgehead atoms. The first-order valence-electron chi connectivity index (χ1n) is 8.12. The Labute approximate surface area is 136 Å². The maximum absolute atomic E-state index is 12.4. The van der Waals surface area contributed by atoms with Crippen LogP contribution in [0.15, 0.2) is 36.9 Å². The number of carbonyl (C=O) groups is 1. The van der Waals surface area contributed by atoms with Crippen molar-refractivity contribution >= 4 is 6.03 Å². The fourth-order valence-electron chi connectivity index (χ4n) is 3.14. The van der Waals surface area contributed by atoms with E-state index in [2.05, 4.69) is 29.2 Å². The number of hydrogen-bond donors (Lipinski definition) is 1. The van der Waals surface area contributed by atoms with Gasteiger partial charge in [-0.3, -0.25) is 0 Å². The van der Waals surface area contributed by atoms with Gasteiger partial charge in [-0.25, -0.2) is 14.5 Å². The fraction of sp³-hybridized carbons (Fsp3) is 0.471. The SMILES string of the molecule is C[C@@H]1CCN(C(=O)NCc2cccc(-n3cncn3)c2)[C@@H](C)C1. The molecule has 1 fully saturated rings. The molecule has 2 amide bonds. The van der Waals surface area contributed by atoms with Gasteiger partial charge in [0.1, 0.15) is 12.7 Å². The van der Waals surface area contributed by atoms with Gasteiger partial charge in [0, 0.05) is 19.1 Å². The minimum absolute atomic E-state index is 0.0237. The lowest BCUT2D eigenvalue weighted by Gasteiger charge is -2.36. The number of hydrogen-bond acceptors (Lipinski definition) is 3. The van der Waals surface area contributed by atoms with Crippen molar-refractivity contribution in [3.8, 4) is 5.69 Å². The normalized spacial score (nSPS) is 21.2. The summed E-state index contributed by atoms with van der Waals surface area (Å²) in [4.78, 5) is 18.3. The number of carbonyl (C=O) groups excluding carboxylic acids is 1. The molecular weight excluding hydrogens is 290 g/mol. The molecule has 3 rings (SSSR count). The van der Waals surface area contributed by atoms with E-state index in [1.54, 1.807) is 11.0 Å². The van der Waals surface area contributed by atoms with Crippen molar-refractivity contribution in [2.24, 2.45) is 5.92 Å². The van der Waals surface area contributed by atoms with E-state index in [9.17, 15) is 4.79 Å². The Morgan fingerprint density at radius 1 is 1.39 bits per heavy atom. The number of urea groups is 1. The molecule has 122 valence electrons. The molecule has 6 nitrogen and oxygen atoms in total. The average molecular weight is 313 g/mol. The molecule has 1 aliphatic heterocycles. The summed E-state index contributed by atoms with van der Waals surface area (Å²) < 4.78 is 1.71. The second kappa shape index (κ2) is 6.81. The van der Waals surface area contributed by atoms with E-state index >= 15 is 0 Å². The number of benzene rings is 1. The van der Waals surface area contributed by atoms with Gasteiger partial charge in [0.2, 0.25) is 0 Å². The zero-order valence-corrected chi connectivity index (χ0v) is 13.6. The van der Waals surface area contributed by atoms with Crippen LogP contribution in [0.4, 0.5) is 4.79 Å². The van der Waals surface area contributed by atoms with Gasteiger partial charge in [0.15, 0.2) is 0 Å². The molecule has 1 saturated heterocycles.